The molecule has 142 valence electrons. The molecule has 0 bridgehead atoms. The molecule has 0 saturated carbocycles. The van der Waals surface area contributed by atoms with E-state index < -0.39 is 0 Å². The predicted octanol–water partition coefficient (Wildman–Crippen LogP) is 3.83. The van der Waals surface area contributed by atoms with E-state index in [0.717, 1.165) is 35.8 Å². The third-order valence-electron chi connectivity index (χ3n) is 5.77. The zero-order chi connectivity index (χ0) is 18.1. The molecule has 1 saturated heterocycles. The molecule has 2 atom stereocenters. The molecule has 2 aromatic rings. The molecule has 0 radical (unpaired) electrons. The van der Waals surface area contributed by atoms with Crippen molar-refractivity contribution in [1.82, 2.24) is 5.32 Å². The number of aryl methyl sites for hydroxylation is 2. The maximum absolute atomic E-state index is 5.48. The Balaban J connectivity index is 1.09. The van der Waals surface area contributed by atoms with E-state index in [1.165, 1.54) is 36.8 Å². The molecule has 5 heteroatoms. The van der Waals surface area contributed by atoms with Crippen molar-refractivity contribution in [3.8, 4) is 23.0 Å². The van der Waals surface area contributed by atoms with Crippen LogP contribution in [0.4, 0.5) is 0 Å². The molecule has 0 aromatic heterocycles. The second-order valence-corrected chi connectivity index (χ2v) is 7.59. The zero-order valence-electron chi connectivity index (χ0n) is 15.4. The molecule has 5 nitrogen and oxygen atoms in total. The van der Waals surface area contributed by atoms with Crippen LogP contribution >= 0.6 is 0 Å². The van der Waals surface area contributed by atoms with Crippen molar-refractivity contribution in [2.75, 3.05) is 13.6 Å². The summed E-state index contributed by atoms with van der Waals surface area (Å²) in [6.45, 7) is 0.683. The van der Waals surface area contributed by atoms with Crippen molar-refractivity contribution < 1.29 is 18.9 Å². The van der Waals surface area contributed by atoms with Crippen LogP contribution in [-0.4, -0.2) is 25.7 Å². The summed E-state index contributed by atoms with van der Waals surface area (Å²) in [5.74, 6) is 3.49. The number of fused-ring (bicyclic) bond motifs is 2. The summed E-state index contributed by atoms with van der Waals surface area (Å²) >= 11 is 0. The van der Waals surface area contributed by atoms with E-state index in [0.29, 0.717) is 25.7 Å². The second-order valence-electron chi connectivity index (χ2n) is 7.59. The molecule has 0 unspecified atom stereocenters. The van der Waals surface area contributed by atoms with Crippen molar-refractivity contribution in [3.05, 3.63) is 47.5 Å². The SMILES string of the molecule is c1cc2c(cc1CC[C@@H]1CC[C@H](CCc3ccc4c(c3)OCO4)N1)OCO2. The largest absolute Gasteiger partial charge is 0.454 e. The van der Waals surface area contributed by atoms with Gasteiger partial charge in [-0.15, -0.1) is 0 Å². The van der Waals surface area contributed by atoms with Crippen molar-refractivity contribution >= 4 is 0 Å². The first-order valence-electron chi connectivity index (χ1n) is 9.86. The van der Waals surface area contributed by atoms with Crippen LogP contribution in [0.15, 0.2) is 36.4 Å². The average Bonchev–Trinajstić information content (AvgIpc) is 3.44. The van der Waals surface area contributed by atoms with Crippen LogP contribution in [0.2, 0.25) is 0 Å². The molecule has 3 aliphatic heterocycles. The lowest BCUT2D eigenvalue weighted by Crippen LogP contribution is -2.30. The van der Waals surface area contributed by atoms with E-state index in [1.807, 2.05) is 12.1 Å². The Hall–Kier alpha value is -2.40. The third-order valence-corrected chi connectivity index (χ3v) is 5.77. The third kappa shape index (κ3) is 3.69. The molecule has 1 N–H and O–H groups in total. The zero-order valence-corrected chi connectivity index (χ0v) is 15.4. The van der Waals surface area contributed by atoms with Gasteiger partial charge in [-0.1, -0.05) is 12.1 Å². The maximum atomic E-state index is 5.48. The van der Waals surface area contributed by atoms with Crippen LogP contribution < -0.4 is 24.3 Å². The van der Waals surface area contributed by atoms with Gasteiger partial charge in [0.05, 0.1) is 0 Å². The van der Waals surface area contributed by atoms with Gasteiger partial charge in [-0.25, -0.2) is 0 Å². The summed E-state index contributed by atoms with van der Waals surface area (Å²) in [5.41, 5.74) is 2.65. The fourth-order valence-electron chi connectivity index (χ4n) is 4.23. The highest BCUT2D eigenvalue weighted by Crippen LogP contribution is 2.34. The van der Waals surface area contributed by atoms with Crippen molar-refractivity contribution in [3.63, 3.8) is 0 Å². The standard InChI is InChI=1S/C22H25NO4/c1(15-3-9-19-21(11-15)26-13-24-19)5-17-7-8-18(23-17)6-2-16-4-10-20-22(12-16)27-14-25-20/h3-4,9-12,17-18,23H,1-2,5-8,13-14H2/t17-,18+. The Bertz CT molecular complexity index is 754. The molecule has 5 rings (SSSR count). The first kappa shape index (κ1) is 16.8. The van der Waals surface area contributed by atoms with Crippen molar-refractivity contribution in [2.45, 2.75) is 50.6 Å². The van der Waals surface area contributed by atoms with Crippen LogP contribution in [0.5, 0.6) is 23.0 Å². The first-order chi connectivity index (χ1) is 13.3. The minimum absolute atomic E-state index is 0.341. The Kier molecular flexibility index (Phi) is 4.54. The highest BCUT2D eigenvalue weighted by molar-refractivity contribution is 5.45. The minimum Gasteiger partial charge on any atom is -0.454 e. The van der Waals surface area contributed by atoms with Crippen LogP contribution in [0.25, 0.3) is 0 Å². The molecule has 0 amide bonds. The number of rotatable bonds is 6. The Morgan fingerprint density at radius 1 is 0.667 bits per heavy atom. The van der Waals surface area contributed by atoms with Gasteiger partial charge < -0.3 is 24.3 Å². The van der Waals surface area contributed by atoms with Gasteiger partial charge in [0.1, 0.15) is 0 Å². The van der Waals surface area contributed by atoms with Crippen LogP contribution in [-0.2, 0) is 12.8 Å². The van der Waals surface area contributed by atoms with Crippen LogP contribution in [0, 0.1) is 0 Å². The molecule has 2 aromatic carbocycles. The average molecular weight is 367 g/mol. The summed E-state index contributed by atoms with van der Waals surface area (Å²) in [4.78, 5) is 0. The highest BCUT2D eigenvalue weighted by atomic mass is 16.7. The van der Waals surface area contributed by atoms with E-state index in [9.17, 15) is 0 Å². The summed E-state index contributed by atoms with van der Waals surface area (Å²) in [6, 6.07) is 13.8. The van der Waals surface area contributed by atoms with Crippen LogP contribution in [0.3, 0.4) is 0 Å². The van der Waals surface area contributed by atoms with Gasteiger partial charge in [-0.2, -0.15) is 0 Å². The molecule has 0 aliphatic carbocycles. The smallest absolute Gasteiger partial charge is 0.231 e. The molecule has 3 aliphatic rings. The number of hydrogen-bond donors (Lipinski definition) is 1. The lowest BCUT2D eigenvalue weighted by molar-refractivity contribution is 0.173. The Morgan fingerprint density at radius 3 is 1.67 bits per heavy atom. The number of benzene rings is 2. The van der Waals surface area contributed by atoms with E-state index >= 15 is 0 Å². The number of nitrogens with one attached hydrogen (secondary N) is 1. The van der Waals surface area contributed by atoms with E-state index in [-0.39, 0.29) is 0 Å². The highest BCUT2D eigenvalue weighted by Gasteiger charge is 2.24. The topological polar surface area (TPSA) is 49.0 Å². The van der Waals surface area contributed by atoms with Gasteiger partial charge in [0.25, 0.3) is 0 Å². The van der Waals surface area contributed by atoms with Gasteiger partial charge in [0.15, 0.2) is 23.0 Å². The monoisotopic (exact) mass is 367 g/mol. The van der Waals surface area contributed by atoms with Gasteiger partial charge >= 0.3 is 0 Å². The summed E-state index contributed by atoms with van der Waals surface area (Å²) in [7, 11) is 0. The summed E-state index contributed by atoms with van der Waals surface area (Å²) in [5, 5.41) is 3.82. The fraction of sp³-hybridized carbons (Fsp3) is 0.455. The number of hydrogen-bond acceptors (Lipinski definition) is 5. The lowest BCUT2D eigenvalue weighted by Gasteiger charge is -2.15. The first-order valence-corrected chi connectivity index (χ1v) is 9.86. The fourth-order valence-corrected chi connectivity index (χ4v) is 4.23. The predicted molar refractivity (Wildman–Crippen MR) is 102 cm³/mol. The quantitative estimate of drug-likeness (QED) is 0.841. The van der Waals surface area contributed by atoms with Crippen LogP contribution in [0.1, 0.15) is 36.8 Å². The molecular formula is C22H25NO4. The van der Waals surface area contributed by atoms with Crippen molar-refractivity contribution in [1.29, 1.82) is 0 Å². The molecular weight excluding hydrogens is 342 g/mol. The molecule has 27 heavy (non-hydrogen) atoms. The van der Waals surface area contributed by atoms with Gasteiger partial charge in [0, 0.05) is 12.1 Å². The van der Waals surface area contributed by atoms with E-state index in [4.69, 9.17) is 18.9 Å². The second kappa shape index (κ2) is 7.31. The Labute approximate surface area is 159 Å². The summed E-state index contributed by atoms with van der Waals surface area (Å²) < 4.78 is 21.7. The summed E-state index contributed by atoms with van der Waals surface area (Å²) in [6.07, 6.45) is 7.00. The van der Waals surface area contributed by atoms with E-state index in [1.54, 1.807) is 0 Å². The Morgan fingerprint density at radius 2 is 1.15 bits per heavy atom. The van der Waals surface area contributed by atoms with Gasteiger partial charge in [-0.05, 0) is 73.9 Å². The van der Waals surface area contributed by atoms with E-state index in [2.05, 4.69) is 29.6 Å². The molecule has 1 fully saturated rings. The van der Waals surface area contributed by atoms with Gasteiger partial charge in [0.2, 0.25) is 13.6 Å². The lowest BCUT2D eigenvalue weighted by atomic mass is 10.0. The minimum atomic E-state index is 0.341. The molecule has 3 heterocycles. The molecule has 0 spiro atoms. The van der Waals surface area contributed by atoms with Gasteiger partial charge in [-0.3, -0.25) is 0 Å². The maximum Gasteiger partial charge on any atom is 0.231 e. The normalized spacial score (nSPS) is 22.4. The number of ether oxygens (including phenoxy) is 4. The van der Waals surface area contributed by atoms with Crippen molar-refractivity contribution in [2.24, 2.45) is 0 Å².